The van der Waals surface area contributed by atoms with Crippen LogP contribution in [0.3, 0.4) is 0 Å². The molecule has 0 spiro atoms. The van der Waals surface area contributed by atoms with E-state index < -0.39 is 12.6 Å². The van der Waals surface area contributed by atoms with Crippen LogP contribution in [0.2, 0.25) is 0 Å². The first-order chi connectivity index (χ1) is 18.2. The summed E-state index contributed by atoms with van der Waals surface area (Å²) in [4.78, 5) is 18.6. The molecular formula is C31H29N2NaO4. The molecule has 4 aromatic rings. The number of carboxylic acids is 1. The van der Waals surface area contributed by atoms with Gasteiger partial charge in [0.1, 0.15) is 18.1 Å². The first-order valence-corrected chi connectivity index (χ1v) is 13.0. The Morgan fingerprint density at radius 2 is 1.63 bits per heavy atom. The zero-order chi connectivity index (χ0) is 25.2. The number of rotatable bonds is 7. The Kier molecular flexibility index (Phi) is 8.34. The summed E-state index contributed by atoms with van der Waals surface area (Å²) in [5, 5.41) is 11.0. The van der Waals surface area contributed by atoms with Crippen LogP contribution in [-0.4, -0.2) is 29.0 Å². The van der Waals surface area contributed by atoms with Crippen molar-refractivity contribution in [1.82, 2.24) is 9.88 Å². The van der Waals surface area contributed by atoms with E-state index in [4.69, 9.17) is 14.1 Å². The number of carbonyl (C=O) groups excluding carboxylic acids is 1. The van der Waals surface area contributed by atoms with Gasteiger partial charge in [0, 0.05) is 17.2 Å². The Labute approximate surface area is 244 Å². The van der Waals surface area contributed by atoms with Crippen LogP contribution in [0.15, 0.2) is 83.3 Å². The van der Waals surface area contributed by atoms with Gasteiger partial charge in [-0.1, -0.05) is 72.8 Å². The molecule has 0 radical (unpaired) electrons. The molecule has 1 aliphatic carbocycles. The van der Waals surface area contributed by atoms with Crippen molar-refractivity contribution in [2.45, 2.75) is 44.2 Å². The summed E-state index contributed by atoms with van der Waals surface area (Å²) < 4.78 is 12.2. The summed E-state index contributed by atoms with van der Waals surface area (Å²) in [6.07, 6.45) is 4.98. The summed E-state index contributed by atoms with van der Waals surface area (Å²) in [6.45, 7) is 0.525. The molecule has 7 heteroatoms. The minimum Gasteiger partial charge on any atom is -0.546 e. The zero-order valence-electron chi connectivity index (χ0n) is 21.6. The summed E-state index contributed by atoms with van der Waals surface area (Å²) in [7, 11) is 0. The Morgan fingerprint density at radius 1 is 0.921 bits per heavy atom. The number of hydrogen-bond acceptors (Lipinski definition) is 6. The molecule has 2 heterocycles. The van der Waals surface area contributed by atoms with Crippen molar-refractivity contribution in [2.24, 2.45) is 0 Å². The molecular weight excluding hydrogens is 487 g/mol. The van der Waals surface area contributed by atoms with Crippen LogP contribution in [0.25, 0.3) is 22.6 Å². The van der Waals surface area contributed by atoms with Crippen molar-refractivity contribution in [3.8, 4) is 28.3 Å². The van der Waals surface area contributed by atoms with Gasteiger partial charge in [-0.05, 0) is 55.8 Å². The van der Waals surface area contributed by atoms with Crippen molar-refractivity contribution < 1.29 is 48.6 Å². The Hall–Kier alpha value is -2.90. The fourth-order valence-electron chi connectivity index (χ4n) is 5.89. The monoisotopic (exact) mass is 516 g/mol. The molecule has 0 N–H and O–H groups in total. The molecule has 0 saturated carbocycles. The molecule has 3 aromatic carbocycles. The van der Waals surface area contributed by atoms with E-state index >= 15 is 0 Å². The molecule has 38 heavy (non-hydrogen) atoms. The first kappa shape index (κ1) is 26.7. The fourth-order valence-corrected chi connectivity index (χ4v) is 5.89. The minimum absolute atomic E-state index is 0. The summed E-state index contributed by atoms with van der Waals surface area (Å²) >= 11 is 0. The number of fused-ring (bicyclic) bond motifs is 1. The van der Waals surface area contributed by atoms with Gasteiger partial charge in [0.2, 0.25) is 5.89 Å². The number of hydrogen-bond donors (Lipinski definition) is 0. The minimum atomic E-state index is -1.21. The third-order valence-electron chi connectivity index (χ3n) is 7.48. The maximum absolute atomic E-state index is 11.0. The Morgan fingerprint density at radius 3 is 2.37 bits per heavy atom. The number of aliphatic carboxylic acids is 1. The quantitative estimate of drug-likeness (QED) is 0.351. The zero-order valence-corrected chi connectivity index (χ0v) is 23.6. The van der Waals surface area contributed by atoms with Crippen LogP contribution in [0.5, 0.6) is 5.75 Å². The molecule has 188 valence electrons. The topological polar surface area (TPSA) is 78.6 Å². The average Bonchev–Trinajstić information content (AvgIpc) is 3.60. The predicted molar refractivity (Wildman–Crippen MR) is 139 cm³/mol. The van der Waals surface area contributed by atoms with Crippen LogP contribution < -0.4 is 39.4 Å². The summed E-state index contributed by atoms with van der Waals surface area (Å²) in [6, 6.07) is 26.6. The second-order valence-corrected chi connectivity index (χ2v) is 9.75. The SMILES string of the molecule is O=C([O-])COc1cccc2c1CCC[C@@H]2N1CCC[C@H]1c1nc(-c2ccccc2)c(-c2ccccc2)o1.[Na+]. The number of likely N-dealkylation sites (tertiary alicyclic amines) is 1. The predicted octanol–water partition coefficient (Wildman–Crippen LogP) is 2.36. The number of oxazole rings is 1. The number of carbonyl (C=O) groups is 1. The maximum Gasteiger partial charge on any atom is 1.00 e. The van der Waals surface area contributed by atoms with Gasteiger partial charge in [0.25, 0.3) is 0 Å². The van der Waals surface area contributed by atoms with Gasteiger partial charge >= 0.3 is 29.6 Å². The summed E-state index contributed by atoms with van der Waals surface area (Å²) in [5.74, 6) is 0.996. The van der Waals surface area contributed by atoms with E-state index in [1.165, 1.54) is 5.56 Å². The fraction of sp³-hybridized carbons (Fsp3) is 0.290. The smallest absolute Gasteiger partial charge is 0.546 e. The summed E-state index contributed by atoms with van der Waals surface area (Å²) in [5.41, 5.74) is 5.25. The Bertz CT molecular complexity index is 1330. The van der Waals surface area contributed by atoms with Crippen LogP contribution in [-0.2, 0) is 11.2 Å². The molecule has 0 unspecified atom stereocenters. The molecule has 0 bridgehead atoms. The Balaban J connectivity index is 0.00000294. The van der Waals surface area contributed by atoms with E-state index in [2.05, 4.69) is 35.2 Å². The molecule has 1 fully saturated rings. The van der Waals surface area contributed by atoms with Gasteiger partial charge in [-0.3, -0.25) is 4.90 Å². The largest absolute Gasteiger partial charge is 1.00 e. The van der Waals surface area contributed by atoms with Crippen LogP contribution in [0.1, 0.15) is 54.8 Å². The van der Waals surface area contributed by atoms with E-state index in [0.717, 1.165) is 72.7 Å². The van der Waals surface area contributed by atoms with Crippen LogP contribution >= 0.6 is 0 Å². The molecule has 1 aromatic heterocycles. The van der Waals surface area contributed by atoms with Gasteiger partial charge in [-0.15, -0.1) is 0 Å². The first-order valence-electron chi connectivity index (χ1n) is 13.0. The number of carboxylic acid groups (broad SMARTS) is 1. The maximum atomic E-state index is 11.0. The standard InChI is InChI=1S/C31H30N2O4.Na/c34-28(35)20-36-27-18-8-14-23-24(27)15-7-16-25(23)33-19-9-17-26(33)31-32-29(21-10-3-1-4-11-21)30(37-31)22-12-5-2-6-13-22;/h1-6,8,10-14,18,25-26H,7,9,15-17,19-20H2,(H,34,35);/q;+1/p-1/t25-,26-;/m0./s1. The number of nitrogens with zero attached hydrogens (tertiary/aromatic N) is 2. The van der Waals surface area contributed by atoms with E-state index in [1.54, 1.807) is 0 Å². The van der Waals surface area contributed by atoms with E-state index in [-0.39, 0.29) is 41.6 Å². The third kappa shape index (κ3) is 5.32. The van der Waals surface area contributed by atoms with Gasteiger partial charge in [-0.25, -0.2) is 4.98 Å². The normalized spacial score (nSPS) is 18.9. The van der Waals surface area contributed by atoms with Crippen molar-refractivity contribution in [3.05, 3.63) is 95.9 Å². The van der Waals surface area contributed by atoms with E-state index in [0.29, 0.717) is 5.75 Å². The third-order valence-corrected chi connectivity index (χ3v) is 7.48. The van der Waals surface area contributed by atoms with Crippen molar-refractivity contribution in [1.29, 1.82) is 0 Å². The second-order valence-electron chi connectivity index (χ2n) is 9.75. The number of ether oxygens (including phenoxy) is 1. The van der Waals surface area contributed by atoms with E-state index in [1.807, 2.05) is 48.5 Å². The molecule has 6 rings (SSSR count). The van der Waals surface area contributed by atoms with Gasteiger partial charge in [0.05, 0.1) is 12.0 Å². The van der Waals surface area contributed by atoms with Gasteiger partial charge < -0.3 is 19.1 Å². The molecule has 1 saturated heterocycles. The van der Waals surface area contributed by atoms with Crippen LogP contribution in [0.4, 0.5) is 0 Å². The molecule has 2 atom stereocenters. The average molecular weight is 517 g/mol. The number of aromatic nitrogens is 1. The number of benzene rings is 3. The van der Waals surface area contributed by atoms with E-state index in [9.17, 15) is 9.90 Å². The molecule has 0 amide bonds. The molecule has 1 aliphatic heterocycles. The molecule has 6 nitrogen and oxygen atoms in total. The van der Waals surface area contributed by atoms with Gasteiger partial charge in [-0.2, -0.15) is 0 Å². The second kappa shape index (κ2) is 11.9. The molecule has 2 aliphatic rings. The van der Waals surface area contributed by atoms with Gasteiger partial charge in [0.15, 0.2) is 5.76 Å². The van der Waals surface area contributed by atoms with Crippen molar-refractivity contribution >= 4 is 5.97 Å². The van der Waals surface area contributed by atoms with Crippen LogP contribution in [0, 0.1) is 0 Å². The van der Waals surface area contributed by atoms with Crippen molar-refractivity contribution in [2.75, 3.05) is 13.2 Å². The van der Waals surface area contributed by atoms with Crippen molar-refractivity contribution in [3.63, 3.8) is 0 Å².